The van der Waals surface area contributed by atoms with E-state index in [9.17, 15) is 4.79 Å². The standard InChI is InChI=1S/C14H22N2O2/c1-3-18-11-12(2)15-10-14(17)16-9-13-7-5-4-6-8-13/h4-8,12,15H,3,9-11H2,1-2H3,(H,16,17). The van der Waals surface area contributed by atoms with Crippen LogP contribution in [0.25, 0.3) is 0 Å². The SMILES string of the molecule is CCOCC(C)NCC(=O)NCc1ccccc1. The lowest BCUT2D eigenvalue weighted by Crippen LogP contribution is -2.39. The molecule has 0 fully saturated rings. The first-order valence-corrected chi connectivity index (χ1v) is 6.34. The Balaban J connectivity index is 2.14. The molecule has 1 aromatic rings. The fourth-order valence-corrected chi connectivity index (χ4v) is 1.48. The third-order valence-corrected chi connectivity index (χ3v) is 2.52. The zero-order valence-electron chi connectivity index (χ0n) is 11.1. The minimum absolute atomic E-state index is 0.00204. The van der Waals surface area contributed by atoms with Crippen molar-refractivity contribution in [1.29, 1.82) is 0 Å². The molecule has 1 amide bonds. The largest absolute Gasteiger partial charge is 0.380 e. The van der Waals surface area contributed by atoms with E-state index in [2.05, 4.69) is 10.6 Å². The predicted molar refractivity (Wildman–Crippen MR) is 72.2 cm³/mol. The lowest BCUT2D eigenvalue weighted by Gasteiger charge is -2.13. The first kappa shape index (κ1) is 14.7. The van der Waals surface area contributed by atoms with Gasteiger partial charge in [-0.2, -0.15) is 0 Å². The topological polar surface area (TPSA) is 50.4 Å². The molecule has 0 aliphatic rings. The Kier molecular flexibility index (Phi) is 7.06. The molecule has 0 spiro atoms. The highest BCUT2D eigenvalue weighted by Crippen LogP contribution is 1.96. The molecule has 4 nitrogen and oxygen atoms in total. The van der Waals surface area contributed by atoms with Crippen molar-refractivity contribution in [2.75, 3.05) is 19.8 Å². The zero-order chi connectivity index (χ0) is 13.2. The van der Waals surface area contributed by atoms with E-state index in [-0.39, 0.29) is 11.9 Å². The van der Waals surface area contributed by atoms with Gasteiger partial charge in [-0.05, 0) is 19.4 Å². The number of hydrogen-bond donors (Lipinski definition) is 2. The lowest BCUT2D eigenvalue weighted by molar-refractivity contribution is -0.120. The molecule has 0 bridgehead atoms. The van der Waals surface area contributed by atoms with E-state index in [0.717, 1.165) is 5.56 Å². The van der Waals surface area contributed by atoms with Crippen LogP contribution in [-0.2, 0) is 16.1 Å². The molecule has 0 heterocycles. The number of carbonyl (C=O) groups is 1. The molecule has 4 heteroatoms. The fourth-order valence-electron chi connectivity index (χ4n) is 1.48. The average molecular weight is 250 g/mol. The van der Waals surface area contributed by atoms with Crippen molar-refractivity contribution in [3.8, 4) is 0 Å². The Morgan fingerprint density at radius 3 is 2.72 bits per heavy atom. The maximum Gasteiger partial charge on any atom is 0.234 e. The predicted octanol–water partition coefficient (Wildman–Crippen LogP) is 1.32. The molecular weight excluding hydrogens is 228 g/mol. The van der Waals surface area contributed by atoms with E-state index in [4.69, 9.17) is 4.74 Å². The van der Waals surface area contributed by atoms with Gasteiger partial charge >= 0.3 is 0 Å². The maximum absolute atomic E-state index is 11.6. The second kappa shape index (κ2) is 8.66. The lowest BCUT2D eigenvalue weighted by atomic mass is 10.2. The summed E-state index contributed by atoms with van der Waals surface area (Å²) in [5.41, 5.74) is 1.10. The number of benzene rings is 1. The van der Waals surface area contributed by atoms with E-state index in [1.54, 1.807) is 0 Å². The van der Waals surface area contributed by atoms with E-state index in [0.29, 0.717) is 26.3 Å². The summed E-state index contributed by atoms with van der Waals surface area (Å²) >= 11 is 0. The van der Waals surface area contributed by atoms with Crippen molar-refractivity contribution in [3.05, 3.63) is 35.9 Å². The van der Waals surface area contributed by atoms with Crippen molar-refractivity contribution < 1.29 is 9.53 Å². The first-order valence-electron chi connectivity index (χ1n) is 6.34. The van der Waals surface area contributed by atoms with Gasteiger partial charge in [0.1, 0.15) is 0 Å². The van der Waals surface area contributed by atoms with Crippen molar-refractivity contribution >= 4 is 5.91 Å². The van der Waals surface area contributed by atoms with Crippen molar-refractivity contribution in [2.24, 2.45) is 0 Å². The van der Waals surface area contributed by atoms with Gasteiger partial charge in [0.25, 0.3) is 0 Å². The second-order valence-electron chi connectivity index (χ2n) is 4.20. The third-order valence-electron chi connectivity index (χ3n) is 2.52. The summed E-state index contributed by atoms with van der Waals surface area (Å²) in [6.07, 6.45) is 0. The van der Waals surface area contributed by atoms with Gasteiger partial charge < -0.3 is 15.4 Å². The van der Waals surface area contributed by atoms with Crippen molar-refractivity contribution in [2.45, 2.75) is 26.4 Å². The maximum atomic E-state index is 11.6. The molecule has 100 valence electrons. The molecule has 1 aromatic carbocycles. The Hall–Kier alpha value is -1.39. The highest BCUT2D eigenvalue weighted by molar-refractivity contribution is 5.77. The minimum atomic E-state index is 0.00204. The highest BCUT2D eigenvalue weighted by Gasteiger charge is 2.05. The van der Waals surface area contributed by atoms with Crippen LogP contribution in [-0.4, -0.2) is 31.7 Å². The number of rotatable bonds is 8. The minimum Gasteiger partial charge on any atom is -0.380 e. The Labute approximate surface area is 109 Å². The monoisotopic (exact) mass is 250 g/mol. The Bertz CT molecular complexity index is 341. The van der Waals surface area contributed by atoms with Gasteiger partial charge in [0.15, 0.2) is 0 Å². The highest BCUT2D eigenvalue weighted by atomic mass is 16.5. The molecular formula is C14H22N2O2. The molecule has 0 saturated heterocycles. The summed E-state index contributed by atoms with van der Waals surface area (Å²) in [6.45, 7) is 6.18. The third kappa shape index (κ3) is 6.37. The zero-order valence-corrected chi connectivity index (χ0v) is 11.1. The van der Waals surface area contributed by atoms with Crippen LogP contribution in [0.3, 0.4) is 0 Å². The summed E-state index contributed by atoms with van der Waals surface area (Å²) in [4.78, 5) is 11.6. The van der Waals surface area contributed by atoms with Crippen LogP contribution < -0.4 is 10.6 Å². The fraction of sp³-hybridized carbons (Fsp3) is 0.500. The quantitative estimate of drug-likeness (QED) is 0.731. The average Bonchev–Trinajstić information content (AvgIpc) is 2.41. The van der Waals surface area contributed by atoms with E-state index >= 15 is 0 Å². The van der Waals surface area contributed by atoms with Gasteiger partial charge in [-0.25, -0.2) is 0 Å². The van der Waals surface area contributed by atoms with Crippen LogP contribution in [0.2, 0.25) is 0 Å². The van der Waals surface area contributed by atoms with Crippen molar-refractivity contribution in [3.63, 3.8) is 0 Å². The summed E-state index contributed by atoms with van der Waals surface area (Å²) < 4.78 is 5.26. The molecule has 1 atom stereocenters. The van der Waals surface area contributed by atoms with Crippen LogP contribution >= 0.6 is 0 Å². The molecule has 0 aliphatic carbocycles. The number of nitrogens with one attached hydrogen (secondary N) is 2. The van der Waals surface area contributed by atoms with Gasteiger partial charge in [0.2, 0.25) is 5.91 Å². The molecule has 1 rings (SSSR count). The molecule has 0 aliphatic heterocycles. The molecule has 18 heavy (non-hydrogen) atoms. The summed E-state index contributed by atoms with van der Waals surface area (Å²) in [6, 6.07) is 10.1. The van der Waals surface area contributed by atoms with Gasteiger partial charge in [0, 0.05) is 19.2 Å². The van der Waals surface area contributed by atoms with Crippen LogP contribution in [0, 0.1) is 0 Å². The summed E-state index contributed by atoms with van der Waals surface area (Å²) in [7, 11) is 0. The van der Waals surface area contributed by atoms with E-state index in [1.165, 1.54) is 0 Å². The first-order chi connectivity index (χ1) is 8.72. The number of amides is 1. The molecule has 2 N–H and O–H groups in total. The molecule has 0 aromatic heterocycles. The molecule has 1 unspecified atom stereocenters. The van der Waals surface area contributed by atoms with E-state index < -0.39 is 0 Å². The second-order valence-corrected chi connectivity index (χ2v) is 4.20. The van der Waals surface area contributed by atoms with Gasteiger partial charge in [-0.15, -0.1) is 0 Å². The Morgan fingerprint density at radius 1 is 1.33 bits per heavy atom. The van der Waals surface area contributed by atoms with E-state index in [1.807, 2.05) is 44.2 Å². The summed E-state index contributed by atoms with van der Waals surface area (Å²) in [5, 5.41) is 5.98. The Morgan fingerprint density at radius 2 is 2.06 bits per heavy atom. The molecule has 0 radical (unpaired) electrons. The number of ether oxygens (including phenoxy) is 1. The van der Waals surface area contributed by atoms with Gasteiger partial charge in [-0.1, -0.05) is 30.3 Å². The normalized spacial score (nSPS) is 12.1. The molecule has 0 saturated carbocycles. The smallest absolute Gasteiger partial charge is 0.234 e. The van der Waals surface area contributed by atoms with Gasteiger partial charge in [0.05, 0.1) is 13.2 Å². The van der Waals surface area contributed by atoms with Crippen LogP contribution in [0.4, 0.5) is 0 Å². The number of hydrogen-bond acceptors (Lipinski definition) is 3. The summed E-state index contributed by atoms with van der Waals surface area (Å²) in [5.74, 6) is 0.00204. The van der Waals surface area contributed by atoms with Crippen LogP contribution in [0.5, 0.6) is 0 Å². The van der Waals surface area contributed by atoms with Crippen LogP contribution in [0.1, 0.15) is 19.4 Å². The van der Waals surface area contributed by atoms with Crippen molar-refractivity contribution in [1.82, 2.24) is 10.6 Å². The number of carbonyl (C=O) groups excluding carboxylic acids is 1. The van der Waals surface area contributed by atoms with Crippen LogP contribution in [0.15, 0.2) is 30.3 Å². The van der Waals surface area contributed by atoms with Gasteiger partial charge in [-0.3, -0.25) is 4.79 Å².